The van der Waals surface area contributed by atoms with Crippen LogP contribution in [-0.4, -0.2) is 13.4 Å². The summed E-state index contributed by atoms with van der Waals surface area (Å²) in [7, 11) is -4.42. The van der Waals surface area contributed by atoms with Crippen molar-refractivity contribution in [2.24, 2.45) is 0 Å². The number of hydrogen-bond acceptors (Lipinski definition) is 3. The zero-order chi connectivity index (χ0) is 14.9. The highest BCUT2D eigenvalue weighted by Gasteiger charge is 2.22. The van der Waals surface area contributed by atoms with Crippen LogP contribution in [0.2, 0.25) is 0 Å². The molecule has 1 heterocycles. The van der Waals surface area contributed by atoms with Crippen molar-refractivity contribution in [1.82, 2.24) is 4.98 Å². The molecule has 4 nitrogen and oxygen atoms in total. The second-order valence-corrected chi connectivity index (χ2v) is 6.09. The zero-order valence-corrected chi connectivity index (χ0v) is 12.0. The zero-order valence-electron chi connectivity index (χ0n) is 9.57. The smallest absolute Gasteiger partial charge is 0.275 e. The molecule has 0 radical (unpaired) electrons. The van der Waals surface area contributed by atoms with E-state index in [-0.39, 0.29) is 4.47 Å². The first-order chi connectivity index (χ1) is 9.31. The lowest BCUT2D eigenvalue weighted by molar-refractivity contribution is 0.555. The Morgan fingerprint density at radius 1 is 1.10 bits per heavy atom. The molecule has 0 spiro atoms. The van der Waals surface area contributed by atoms with E-state index < -0.39 is 38.2 Å². The minimum absolute atomic E-state index is 0.141. The normalized spacial score (nSPS) is 11.4. The molecule has 2 aromatic rings. The first kappa shape index (κ1) is 14.8. The van der Waals surface area contributed by atoms with Gasteiger partial charge in [0, 0.05) is 12.3 Å². The third-order valence-corrected chi connectivity index (χ3v) is 4.14. The summed E-state index contributed by atoms with van der Waals surface area (Å²) < 4.78 is 65.3. The highest BCUT2D eigenvalue weighted by atomic mass is 79.9. The number of nitrogens with zero attached hydrogens (tertiary/aromatic N) is 1. The minimum Gasteiger partial charge on any atom is -0.275 e. The van der Waals surface area contributed by atoms with Gasteiger partial charge in [0.1, 0.15) is 11.6 Å². The van der Waals surface area contributed by atoms with Crippen molar-refractivity contribution in [3.8, 4) is 0 Å². The fraction of sp³-hybridized carbons (Fsp3) is 0. The molecule has 0 bridgehead atoms. The SMILES string of the molecule is O=S(=O)(Nc1cc(Br)c(F)cc1F)c1ncccc1F. The van der Waals surface area contributed by atoms with Crippen molar-refractivity contribution >= 4 is 31.6 Å². The monoisotopic (exact) mass is 366 g/mol. The van der Waals surface area contributed by atoms with Crippen LogP contribution in [0.3, 0.4) is 0 Å². The van der Waals surface area contributed by atoms with Crippen molar-refractivity contribution in [2.75, 3.05) is 4.72 Å². The first-order valence-electron chi connectivity index (χ1n) is 5.09. The van der Waals surface area contributed by atoms with E-state index in [1.54, 1.807) is 0 Å². The van der Waals surface area contributed by atoms with Crippen LogP contribution < -0.4 is 4.72 Å². The number of benzene rings is 1. The highest BCUT2D eigenvalue weighted by molar-refractivity contribution is 9.10. The lowest BCUT2D eigenvalue weighted by Crippen LogP contribution is -2.17. The molecule has 0 aliphatic rings. The number of halogens is 4. The fourth-order valence-electron chi connectivity index (χ4n) is 1.36. The van der Waals surface area contributed by atoms with Gasteiger partial charge in [-0.3, -0.25) is 4.72 Å². The van der Waals surface area contributed by atoms with Crippen molar-refractivity contribution in [2.45, 2.75) is 5.03 Å². The van der Waals surface area contributed by atoms with Crippen molar-refractivity contribution in [3.63, 3.8) is 0 Å². The summed E-state index contributed by atoms with van der Waals surface area (Å²) in [6, 6.07) is 3.50. The van der Waals surface area contributed by atoms with Crippen LogP contribution in [0.15, 0.2) is 40.0 Å². The van der Waals surface area contributed by atoms with Gasteiger partial charge < -0.3 is 0 Å². The quantitative estimate of drug-likeness (QED) is 0.849. The predicted octanol–water partition coefficient (Wildman–Crippen LogP) is 3.06. The van der Waals surface area contributed by atoms with Crippen molar-refractivity contribution < 1.29 is 21.6 Å². The molecule has 106 valence electrons. The van der Waals surface area contributed by atoms with Gasteiger partial charge in [0.25, 0.3) is 10.0 Å². The number of aromatic nitrogens is 1. The molecule has 9 heteroatoms. The van der Waals surface area contributed by atoms with Crippen LogP contribution in [0.5, 0.6) is 0 Å². The molecule has 1 N–H and O–H groups in total. The molecule has 0 saturated carbocycles. The minimum atomic E-state index is -4.42. The fourth-order valence-corrected chi connectivity index (χ4v) is 2.77. The van der Waals surface area contributed by atoms with E-state index in [2.05, 4.69) is 20.9 Å². The molecule has 20 heavy (non-hydrogen) atoms. The molecule has 0 atom stereocenters. The highest BCUT2D eigenvalue weighted by Crippen LogP contribution is 2.25. The molecule has 1 aromatic carbocycles. The van der Waals surface area contributed by atoms with Crippen molar-refractivity contribution in [1.29, 1.82) is 0 Å². The van der Waals surface area contributed by atoms with Gasteiger partial charge in [-0.1, -0.05) is 0 Å². The number of rotatable bonds is 3. The Morgan fingerprint density at radius 3 is 2.45 bits per heavy atom. The average Bonchev–Trinajstić information content (AvgIpc) is 2.36. The summed E-state index contributed by atoms with van der Waals surface area (Å²) in [5.41, 5.74) is -0.525. The molecule has 0 aliphatic heterocycles. The first-order valence-corrected chi connectivity index (χ1v) is 7.37. The van der Waals surface area contributed by atoms with E-state index in [0.29, 0.717) is 6.07 Å². The molecular formula is C11H6BrF3N2O2S. The summed E-state index contributed by atoms with van der Waals surface area (Å²) in [5.74, 6) is -3.11. The van der Waals surface area contributed by atoms with Gasteiger partial charge in [0.05, 0.1) is 10.2 Å². The third kappa shape index (κ3) is 2.93. The lowest BCUT2D eigenvalue weighted by atomic mass is 10.3. The van der Waals surface area contributed by atoms with E-state index in [1.807, 2.05) is 4.72 Å². The van der Waals surface area contributed by atoms with Crippen LogP contribution in [-0.2, 0) is 10.0 Å². The van der Waals surface area contributed by atoms with Gasteiger partial charge in [-0.25, -0.2) is 18.2 Å². The Balaban J connectivity index is 2.44. The van der Waals surface area contributed by atoms with Crippen molar-refractivity contribution in [3.05, 3.63) is 52.4 Å². The van der Waals surface area contributed by atoms with Gasteiger partial charge in [-0.2, -0.15) is 8.42 Å². The topological polar surface area (TPSA) is 59.1 Å². The van der Waals surface area contributed by atoms with Crippen LogP contribution in [0.25, 0.3) is 0 Å². The summed E-state index contributed by atoms with van der Waals surface area (Å²) in [5, 5.41) is -0.875. The maximum Gasteiger partial charge on any atom is 0.282 e. The number of nitrogens with one attached hydrogen (secondary N) is 1. The summed E-state index contributed by atoms with van der Waals surface area (Å²) in [4.78, 5) is 3.38. The molecule has 0 unspecified atom stereocenters. The molecule has 1 aromatic heterocycles. The summed E-state index contributed by atoms with van der Waals surface area (Å²) >= 11 is 2.79. The molecular weight excluding hydrogens is 361 g/mol. The van der Waals surface area contributed by atoms with Crippen LogP contribution in [0, 0.1) is 17.5 Å². The van der Waals surface area contributed by atoms with Crippen LogP contribution in [0.4, 0.5) is 18.9 Å². The summed E-state index contributed by atoms with van der Waals surface area (Å²) in [6.45, 7) is 0. The Kier molecular flexibility index (Phi) is 4.00. The standard InChI is InChI=1S/C11H6BrF3N2O2S/c12-6-4-10(9(15)5-8(6)14)17-20(18,19)11-7(13)2-1-3-16-11/h1-5,17H. The Hall–Kier alpha value is -1.61. The van der Waals surface area contributed by atoms with E-state index >= 15 is 0 Å². The van der Waals surface area contributed by atoms with Gasteiger partial charge in [-0.15, -0.1) is 0 Å². The third-order valence-electron chi connectivity index (χ3n) is 2.23. The van der Waals surface area contributed by atoms with Crippen LogP contribution in [0.1, 0.15) is 0 Å². The second-order valence-electron chi connectivity index (χ2n) is 3.64. The molecule has 0 fully saturated rings. The molecule has 0 aliphatic carbocycles. The second kappa shape index (κ2) is 5.41. The number of anilines is 1. The van der Waals surface area contributed by atoms with E-state index in [0.717, 1.165) is 18.3 Å². The summed E-state index contributed by atoms with van der Waals surface area (Å²) in [6.07, 6.45) is 1.08. The lowest BCUT2D eigenvalue weighted by Gasteiger charge is -2.09. The molecule has 0 amide bonds. The Labute approximate surface area is 120 Å². The maximum absolute atomic E-state index is 13.5. The largest absolute Gasteiger partial charge is 0.282 e. The Morgan fingerprint density at radius 2 is 1.80 bits per heavy atom. The van der Waals surface area contributed by atoms with Gasteiger partial charge in [-0.05, 0) is 34.1 Å². The molecule has 0 saturated heterocycles. The van der Waals surface area contributed by atoms with Crippen LogP contribution >= 0.6 is 15.9 Å². The maximum atomic E-state index is 13.5. The van der Waals surface area contributed by atoms with Gasteiger partial charge in [0.15, 0.2) is 5.82 Å². The number of hydrogen-bond donors (Lipinski definition) is 1. The number of pyridine rings is 1. The van der Waals surface area contributed by atoms with E-state index in [9.17, 15) is 21.6 Å². The van der Waals surface area contributed by atoms with E-state index in [1.165, 1.54) is 6.07 Å². The van der Waals surface area contributed by atoms with Gasteiger partial charge in [0.2, 0.25) is 5.03 Å². The molecule has 2 rings (SSSR count). The number of sulfonamides is 1. The predicted molar refractivity (Wildman–Crippen MR) is 69.1 cm³/mol. The van der Waals surface area contributed by atoms with E-state index in [4.69, 9.17) is 0 Å². The Bertz CT molecular complexity index is 768. The van der Waals surface area contributed by atoms with Gasteiger partial charge >= 0.3 is 0 Å². The average molecular weight is 367 g/mol.